The summed E-state index contributed by atoms with van der Waals surface area (Å²) in [5.74, 6) is -1.42. The number of nitrogens with zero attached hydrogens (tertiary/aromatic N) is 3. The van der Waals surface area contributed by atoms with Crippen LogP contribution in [0.1, 0.15) is 0 Å². The molecule has 0 aliphatic carbocycles. The minimum atomic E-state index is -0.716. The average molecular weight is 369 g/mol. The number of ether oxygens (including phenoxy) is 2. The van der Waals surface area contributed by atoms with E-state index >= 15 is 0 Å². The second-order valence-corrected chi connectivity index (χ2v) is 6.77. The molecule has 0 saturated carbocycles. The third kappa shape index (κ3) is 3.10. The molecule has 0 spiro atoms. The zero-order valence-electron chi connectivity index (χ0n) is 14.2. The lowest BCUT2D eigenvalue weighted by Gasteiger charge is -2.43. The predicted molar refractivity (Wildman–Crippen MR) is 89.5 cm³/mol. The Morgan fingerprint density at radius 2 is 1.77 bits per heavy atom. The number of aliphatic hydroxyl groups is 1. The van der Waals surface area contributed by atoms with E-state index in [4.69, 9.17) is 14.6 Å². The SMILES string of the molecule is O=C1O[C@@H](CO)CN1c1cc(F)c(N2CCN(C3COC3)CC2)c(F)c1. The number of carbonyl (C=O) groups excluding carboxylic acids is 1. The Kier molecular flexibility index (Phi) is 4.68. The van der Waals surface area contributed by atoms with E-state index < -0.39 is 23.8 Å². The van der Waals surface area contributed by atoms with Crippen LogP contribution in [0.4, 0.5) is 25.0 Å². The van der Waals surface area contributed by atoms with E-state index in [1.54, 1.807) is 4.90 Å². The Balaban J connectivity index is 1.49. The standard InChI is InChI=1S/C17H21F2N3O4/c18-14-5-11(22-7-13(8-23)26-17(22)24)6-15(19)16(14)21-3-1-20(2-4-21)12-9-25-10-12/h5-6,12-13,23H,1-4,7-10H2/t13-/m1/s1. The highest BCUT2D eigenvalue weighted by atomic mass is 19.1. The van der Waals surface area contributed by atoms with Crippen molar-refractivity contribution in [2.24, 2.45) is 0 Å². The van der Waals surface area contributed by atoms with Gasteiger partial charge in [-0.3, -0.25) is 9.80 Å². The number of cyclic esters (lactones) is 1. The van der Waals surface area contributed by atoms with Crippen molar-refractivity contribution in [3.05, 3.63) is 23.8 Å². The molecule has 1 N–H and O–H groups in total. The average Bonchev–Trinajstić information content (AvgIpc) is 2.95. The number of aliphatic hydroxyl groups excluding tert-OH is 1. The molecule has 3 heterocycles. The Labute approximate surface area is 149 Å². The van der Waals surface area contributed by atoms with Crippen molar-refractivity contribution >= 4 is 17.5 Å². The normalized spacial score (nSPS) is 24.7. The van der Waals surface area contributed by atoms with Gasteiger partial charge in [0.25, 0.3) is 0 Å². The van der Waals surface area contributed by atoms with E-state index in [1.165, 1.54) is 0 Å². The number of halogens is 2. The fourth-order valence-corrected chi connectivity index (χ4v) is 3.58. The van der Waals surface area contributed by atoms with Crippen LogP contribution >= 0.6 is 0 Å². The lowest BCUT2D eigenvalue weighted by molar-refractivity contribution is -0.0661. The number of rotatable bonds is 4. The summed E-state index contributed by atoms with van der Waals surface area (Å²) in [4.78, 5) is 16.9. The summed E-state index contributed by atoms with van der Waals surface area (Å²) >= 11 is 0. The predicted octanol–water partition coefficient (Wildman–Crippen LogP) is 0.803. The summed E-state index contributed by atoms with van der Waals surface area (Å²) in [6.07, 6.45) is -1.40. The highest BCUT2D eigenvalue weighted by Crippen LogP contribution is 2.31. The third-order valence-corrected chi connectivity index (χ3v) is 5.16. The molecule has 0 radical (unpaired) electrons. The fraction of sp³-hybridized carbons (Fsp3) is 0.588. The van der Waals surface area contributed by atoms with Gasteiger partial charge in [0.05, 0.1) is 38.1 Å². The molecule has 1 aromatic carbocycles. The Bertz CT molecular complexity index is 670. The van der Waals surface area contributed by atoms with E-state index in [0.29, 0.717) is 19.1 Å². The van der Waals surface area contributed by atoms with Gasteiger partial charge in [0.15, 0.2) is 11.6 Å². The maximum absolute atomic E-state index is 14.6. The van der Waals surface area contributed by atoms with Crippen LogP contribution < -0.4 is 9.80 Å². The van der Waals surface area contributed by atoms with Crippen LogP contribution in [0, 0.1) is 11.6 Å². The Hall–Kier alpha value is -1.97. The highest BCUT2D eigenvalue weighted by molar-refractivity contribution is 5.90. The number of amides is 1. The molecule has 3 fully saturated rings. The van der Waals surface area contributed by atoms with Gasteiger partial charge in [0, 0.05) is 38.3 Å². The molecule has 3 saturated heterocycles. The van der Waals surface area contributed by atoms with Crippen molar-refractivity contribution in [3.63, 3.8) is 0 Å². The van der Waals surface area contributed by atoms with Crippen LogP contribution in [0.3, 0.4) is 0 Å². The second kappa shape index (κ2) is 6.98. The first-order chi connectivity index (χ1) is 12.6. The van der Waals surface area contributed by atoms with Gasteiger partial charge in [0.1, 0.15) is 11.8 Å². The molecule has 1 atom stereocenters. The van der Waals surface area contributed by atoms with Gasteiger partial charge < -0.3 is 19.5 Å². The topological polar surface area (TPSA) is 65.5 Å². The molecule has 142 valence electrons. The highest BCUT2D eigenvalue weighted by Gasteiger charge is 2.34. The van der Waals surface area contributed by atoms with Crippen molar-refractivity contribution < 1.29 is 28.2 Å². The van der Waals surface area contributed by atoms with Crippen molar-refractivity contribution in [2.45, 2.75) is 12.1 Å². The van der Waals surface area contributed by atoms with Crippen LogP contribution in [0.25, 0.3) is 0 Å². The van der Waals surface area contributed by atoms with E-state index in [0.717, 1.165) is 43.3 Å². The first kappa shape index (κ1) is 17.4. The van der Waals surface area contributed by atoms with Gasteiger partial charge in [-0.1, -0.05) is 0 Å². The van der Waals surface area contributed by atoms with Crippen molar-refractivity contribution in [2.75, 3.05) is 62.3 Å². The number of hydrogen-bond acceptors (Lipinski definition) is 6. The van der Waals surface area contributed by atoms with E-state index in [9.17, 15) is 13.6 Å². The summed E-state index contributed by atoms with van der Waals surface area (Å²) in [5, 5.41) is 9.08. The molecule has 0 aromatic heterocycles. The van der Waals surface area contributed by atoms with Gasteiger partial charge in [-0.25, -0.2) is 13.6 Å². The molecule has 4 rings (SSSR count). The summed E-state index contributed by atoms with van der Waals surface area (Å²) < 4.78 is 39.4. The third-order valence-electron chi connectivity index (χ3n) is 5.16. The number of benzene rings is 1. The zero-order chi connectivity index (χ0) is 18.3. The number of carbonyl (C=O) groups is 1. The van der Waals surface area contributed by atoms with Gasteiger partial charge in [-0.05, 0) is 0 Å². The Morgan fingerprint density at radius 3 is 2.27 bits per heavy atom. The smallest absolute Gasteiger partial charge is 0.414 e. The van der Waals surface area contributed by atoms with Crippen LogP contribution in [-0.4, -0.2) is 80.8 Å². The lowest BCUT2D eigenvalue weighted by atomic mass is 10.1. The molecule has 1 aromatic rings. The minimum Gasteiger partial charge on any atom is -0.441 e. The second-order valence-electron chi connectivity index (χ2n) is 6.77. The van der Waals surface area contributed by atoms with Gasteiger partial charge in [-0.2, -0.15) is 0 Å². The van der Waals surface area contributed by atoms with Gasteiger partial charge >= 0.3 is 6.09 Å². The van der Waals surface area contributed by atoms with Crippen molar-refractivity contribution in [1.29, 1.82) is 0 Å². The number of anilines is 2. The Morgan fingerprint density at radius 1 is 1.12 bits per heavy atom. The summed E-state index contributed by atoms with van der Waals surface area (Å²) in [6.45, 7) is 3.69. The molecule has 3 aliphatic rings. The molecule has 26 heavy (non-hydrogen) atoms. The quantitative estimate of drug-likeness (QED) is 0.847. The minimum absolute atomic E-state index is 0.0652. The molecule has 3 aliphatic heterocycles. The summed E-state index contributed by atoms with van der Waals surface area (Å²) in [6, 6.07) is 2.70. The van der Waals surface area contributed by atoms with E-state index in [-0.39, 0.29) is 24.5 Å². The van der Waals surface area contributed by atoms with Crippen LogP contribution in [-0.2, 0) is 9.47 Å². The first-order valence-electron chi connectivity index (χ1n) is 8.71. The zero-order valence-corrected chi connectivity index (χ0v) is 14.2. The van der Waals surface area contributed by atoms with Crippen LogP contribution in [0.2, 0.25) is 0 Å². The van der Waals surface area contributed by atoms with Gasteiger partial charge in [-0.15, -0.1) is 0 Å². The van der Waals surface area contributed by atoms with Crippen LogP contribution in [0.5, 0.6) is 0 Å². The largest absolute Gasteiger partial charge is 0.441 e. The molecule has 0 unspecified atom stereocenters. The maximum atomic E-state index is 14.6. The summed E-state index contributed by atoms with van der Waals surface area (Å²) in [7, 11) is 0. The molecular weight excluding hydrogens is 348 g/mol. The van der Waals surface area contributed by atoms with Crippen molar-refractivity contribution in [1.82, 2.24) is 4.90 Å². The molecule has 9 heteroatoms. The first-order valence-corrected chi connectivity index (χ1v) is 8.71. The molecule has 1 amide bonds. The van der Waals surface area contributed by atoms with Crippen molar-refractivity contribution in [3.8, 4) is 0 Å². The number of hydrogen-bond donors (Lipinski definition) is 1. The monoisotopic (exact) mass is 369 g/mol. The molecule has 0 bridgehead atoms. The number of piperazine rings is 1. The van der Waals surface area contributed by atoms with E-state index in [1.807, 2.05) is 0 Å². The molecule has 7 nitrogen and oxygen atoms in total. The van der Waals surface area contributed by atoms with Gasteiger partial charge in [0.2, 0.25) is 0 Å². The maximum Gasteiger partial charge on any atom is 0.414 e. The lowest BCUT2D eigenvalue weighted by Crippen LogP contribution is -2.56. The molecular formula is C17H21F2N3O4. The summed E-state index contributed by atoms with van der Waals surface area (Å²) in [5.41, 5.74) is 0.0273. The van der Waals surface area contributed by atoms with E-state index in [2.05, 4.69) is 4.90 Å². The fourth-order valence-electron chi connectivity index (χ4n) is 3.58. The van der Waals surface area contributed by atoms with Crippen LogP contribution in [0.15, 0.2) is 12.1 Å².